The van der Waals surface area contributed by atoms with E-state index in [1.807, 2.05) is 0 Å². The summed E-state index contributed by atoms with van der Waals surface area (Å²) in [6.45, 7) is 0. The average molecular weight is 217 g/mol. The molecule has 0 aliphatic rings. The van der Waals surface area contributed by atoms with Gasteiger partial charge in [0.05, 0.1) is 0 Å². The number of nitrogens with one attached hydrogen (secondary N) is 1. The van der Waals surface area contributed by atoms with Crippen molar-refractivity contribution in [2.45, 2.75) is 0 Å². The molecule has 1 aromatic rings. The Balaban J connectivity index is 3.26. The molecule has 0 saturated heterocycles. The SMILES string of the molecule is N#Cc1nc(Br)[nH]c1[N+](=O)[O-]. The summed E-state index contributed by atoms with van der Waals surface area (Å²) < 4.78 is 0.181. The number of halogens is 1. The van der Waals surface area contributed by atoms with E-state index in [1.54, 1.807) is 6.07 Å². The fraction of sp³-hybridized carbons (Fsp3) is 0. The Kier molecular flexibility index (Phi) is 1.87. The molecule has 56 valence electrons. The van der Waals surface area contributed by atoms with E-state index in [1.165, 1.54) is 0 Å². The van der Waals surface area contributed by atoms with Crippen LogP contribution in [0.25, 0.3) is 0 Å². The molecule has 0 aromatic carbocycles. The number of nitrogens with zero attached hydrogens (tertiary/aromatic N) is 3. The number of imidazole rings is 1. The molecule has 0 unspecified atom stereocenters. The van der Waals surface area contributed by atoms with Gasteiger partial charge in [-0.3, -0.25) is 0 Å². The van der Waals surface area contributed by atoms with Crippen LogP contribution in [-0.4, -0.2) is 14.9 Å². The lowest BCUT2D eigenvalue weighted by Gasteiger charge is -1.86. The van der Waals surface area contributed by atoms with E-state index in [2.05, 4.69) is 25.9 Å². The summed E-state index contributed by atoms with van der Waals surface area (Å²) in [7, 11) is 0. The molecule has 0 amide bonds. The van der Waals surface area contributed by atoms with Crippen LogP contribution in [0, 0.1) is 21.4 Å². The van der Waals surface area contributed by atoms with Gasteiger partial charge in [0.1, 0.15) is 6.07 Å². The summed E-state index contributed by atoms with van der Waals surface area (Å²) in [5, 5.41) is 18.5. The van der Waals surface area contributed by atoms with Crippen molar-refractivity contribution in [1.82, 2.24) is 9.97 Å². The molecule has 1 heterocycles. The van der Waals surface area contributed by atoms with Crippen molar-refractivity contribution < 1.29 is 4.92 Å². The Morgan fingerprint density at radius 3 is 2.82 bits per heavy atom. The monoisotopic (exact) mass is 216 g/mol. The summed E-state index contributed by atoms with van der Waals surface area (Å²) in [6.07, 6.45) is 0. The summed E-state index contributed by atoms with van der Waals surface area (Å²) in [4.78, 5) is 15.2. The van der Waals surface area contributed by atoms with Crippen molar-refractivity contribution in [3.8, 4) is 6.07 Å². The summed E-state index contributed by atoms with van der Waals surface area (Å²) in [5.41, 5.74) is -0.220. The predicted molar refractivity (Wildman–Crippen MR) is 37.7 cm³/mol. The summed E-state index contributed by atoms with van der Waals surface area (Å²) in [5.74, 6) is -0.389. The standard InChI is InChI=1S/C4HBrN4O2/c5-4-7-2(1-6)3(8-4)9(10)11/h(H,7,8). The van der Waals surface area contributed by atoms with Gasteiger partial charge in [0.15, 0.2) is 0 Å². The number of nitriles is 1. The minimum absolute atomic E-state index is 0.181. The molecule has 0 aliphatic carbocycles. The van der Waals surface area contributed by atoms with Crippen LogP contribution in [0.5, 0.6) is 0 Å². The van der Waals surface area contributed by atoms with Gasteiger partial charge in [0.2, 0.25) is 5.69 Å². The molecule has 7 heteroatoms. The van der Waals surface area contributed by atoms with Gasteiger partial charge in [-0.1, -0.05) is 0 Å². The first-order valence-corrected chi connectivity index (χ1v) is 3.24. The Morgan fingerprint density at radius 2 is 2.45 bits per heavy atom. The molecule has 6 nitrogen and oxygen atoms in total. The molecular weight excluding hydrogens is 216 g/mol. The minimum atomic E-state index is -0.698. The zero-order chi connectivity index (χ0) is 8.43. The Bertz CT molecular complexity index is 338. The maximum Gasteiger partial charge on any atom is 0.359 e. The zero-order valence-corrected chi connectivity index (χ0v) is 6.62. The highest BCUT2D eigenvalue weighted by molar-refractivity contribution is 9.10. The smallest absolute Gasteiger partial charge is 0.358 e. The Morgan fingerprint density at radius 1 is 1.82 bits per heavy atom. The summed E-state index contributed by atoms with van der Waals surface area (Å²) in [6, 6.07) is 1.58. The number of H-pyrrole nitrogens is 1. The van der Waals surface area contributed by atoms with Crippen molar-refractivity contribution in [2.24, 2.45) is 0 Å². The van der Waals surface area contributed by atoms with Gasteiger partial charge in [-0.15, -0.1) is 0 Å². The lowest BCUT2D eigenvalue weighted by Crippen LogP contribution is -1.90. The fourth-order valence-electron chi connectivity index (χ4n) is 0.546. The fourth-order valence-corrected chi connectivity index (χ4v) is 0.911. The molecule has 0 saturated carbocycles. The topological polar surface area (TPSA) is 95.6 Å². The summed E-state index contributed by atoms with van der Waals surface area (Å²) >= 11 is 2.87. The molecule has 0 radical (unpaired) electrons. The molecule has 1 rings (SSSR count). The zero-order valence-electron chi connectivity index (χ0n) is 5.04. The van der Waals surface area contributed by atoms with E-state index < -0.39 is 4.92 Å². The molecule has 1 aromatic heterocycles. The molecule has 1 N–H and O–H groups in total. The van der Waals surface area contributed by atoms with Crippen molar-refractivity contribution in [3.63, 3.8) is 0 Å². The first-order chi connectivity index (χ1) is 5.15. The van der Waals surface area contributed by atoms with Gasteiger partial charge in [0, 0.05) is 15.9 Å². The third-order valence-electron chi connectivity index (χ3n) is 0.944. The van der Waals surface area contributed by atoms with Crippen LogP contribution in [0.15, 0.2) is 4.73 Å². The van der Waals surface area contributed by atoms with Crippen LogP contribution < -0.4 is 0 Å². The highest BCUT2D eigenvalue weighted by Gasteiger charge is 2.17. The molecule has 0 spiro atoms. The van der Waals surface area contributed by atoms with E-state index >= 15 is 0 Å². The number of rotatable bonds is 1. The maximum absolute atomic E-state index is 10.2. The maximum atomic E-state index is 10.2. The second-order valence-corrected chi connectivity index (χ2v) is 2.34. The van der Waals surface area contributed by atoms with Crippen LogP contribution in [0.1, 0.15) is 5.69 Å². The second kappa shape index (κ2) is 2.67. The number of hydrogen-bond donors (Lipinski definition) is 1. The highest BCUT2D eigenvalue weighted by atomic mass is 79.9. The molecule has 0 aliphatic heterocycles. The largest absolute Gasteiger partial charge is 0.359 e. The normalized spacial score (nSPS) is 9.09. The third kappa shape index (κ3) is 1.35. The van der Waals surface area contributed by atoms with Crippen molar-refractivity contribution in [2.75, 3.05) is 0 Å². The first kappa shape index (κ1) is 7.68. The lowest BCUT2D eigenvalue weighted by atomic mass is 10.5. The van der Waals surface area contributed by atoms with Crippen LogP contribution in [-0.2, 0) is 0 Å². The number of hydrogen-bond acceptors (Lipinski definition) is 4. The van der Waals surface area contributed by atoms with Gasteiger partial charge in [-0.05, 0) is 4.92 Å². The van der Waals surface area contributed by atoms with Crippen molar-refractivity contribution in [3.05, 3.63) is 20.5 Å². The molecule has 0 atom stereocenters. The van der Waals surface area contributed by atoms with E-state index in [-0.39, 0.29) is 16.2 Å². The Labute approximate surface area is 69.1 Å². The van der Waals surface area contributed by atoms with Crippen molar-refractivity contribution >= 4 is 21.7 Å². The van der Waals surface area contributed by atoms with E-state index in [0.717, 1.165) is 0 Å². The first-order valence-electron chi connectivity index (χ1n) is 2.45. The lowest BCUT2D eigenvalue weighted by molar-refractivity contribution is -0.389. The minimum Gasteiger partial charge on any atom is -0.358 e. The Hall–Kier alpha value is -1.42. The predicted octanol–water partition coefficient (Wildman–Crippen LogP) is 0.952. The van der Waals surface area contributed by atoms with E-state index in [0.29, 0.717) is 0 Å². The van der Waals surface area contributed by atoms with Crippen LogP contribution in [0.2, 0.25) is 0 Å². The molecule has 11 heavy (non-hydrogen) atoms. The second-order valence-electron chi connectivity index (χ2n) is 1.59. The van der Waals surface area contributed by atoms with E-state index in [9.17, 15) is 10.1 Å². The number of aromatic amines is 1. The van der Waals surface area contributed by atoms with Gasteiger partial charge in [-0.2, -0.15) is 10.2 Å². The molecule has 0 bridgehead atoms. The van der Waals surface area contributed by atoms with Crippen LogP contribution in [0.3, 0.4) is 0 Å². The van der Waals surface area contributed by atoms with Crippen LogP contribution >= 0.6 is 15.9 Å². The van der Waals surface area contributed by atoms with Crippen molar-refractivity contribution in [1.29, 1.82) is 5.26 Å². The van der Waals surface area contributed by atoms with E-state index in [4.69, 9.17) is 5.26 Å². The van der Waals surface area contributed by atoms with Gasteiger partial charge in [0.25, 0.3) is 4.73 Å². The average Bonchev–Trinajstić information content (AvgIpc) is 2.30. The molecular formula is C4HBrN4O2. The number of nitro groups is 1. The molecule has 0 fully saturated rings. The quantitative estimate of drug-likeness (QED) is 0.559. The van der Waals surface area contributed by atoms with Gasteiger partial charge in [-0.25, -0.2) is 4.98 Å². The third-order valence-corrected chi connectivity index (χ3v) is 1.32. The number of aromatic nitrogens is 2. The van der Waals surface area contributed by atoms with Gasteiger partial charge < -0.3 is 10.1 Å². The highest BCUT2D eigenvalue weighted by Crippen LogP contribution is 2.16. The van der Waals surface area contributed by atoms with Gasteiger partial charge >= 0.3 is 5.82 Å². The van der Waals surface area contributed by atoms with Crippen LogP contribution in [0.4, 0.5) is 5.82 Å².